The van der Waals surface area contributed by atoms with Gasteiger partial charge in [-0.15, -0.1) is 5.11 Å². The Hall–Kier alpha value is -4.26. The summed E-state index contributed by atoms with van der Waals surface area (Å²) in [5.74, 6) is -1.45. The topological polar surface area (TPSA) is 109 Å². The first-order valence-electron chi connectivity index (χ1n) is 9.84. The molecule has 0 saturated carbocycles. The molecule has 0 bridgehead atoms. The molecule has 0 atom stereocenters. The average Bonchev–Trinajstić information content (AvgIpc) is 2.79. The number of phenols is 2. The van der Waals surface area contributed by atoms with E-state index in [1.54, 1.807) is 49.4 Å². The van der Waals surface area contributed by atoms with E-state index in [4.69, 9.17) is 4.74 Å². The highest BCUT2D eigenvalue weighted by molar-refractivity contribution is 6.11. The predicted octanol–water partition coefficient (Wildman–Crippen LogP) is 5.41. The van der Waals surface area contributed by atoms with Crippen molar-refractivity contribution in [2.24, 2.45) is 10.2 Å². The molecule has 0 saturated heterocycles. The molecule has 7 nitrogen and oxygen atoms in total. The Morgan fingerprint density at radius 2 is 1.62 bits per heavy atom. The van der Waals surface area contributed by atoms with Crippen LogP contribution in [0.1, 0.15) is 28.4 Å². The van der Waals surface area contributed by atoms with Crippen molar-refractivity contribution in [2.75, 3.05) is 6.61 Å². The summed E-state index contributed by atoms with van der Waals surface area (Å²) >= 11 is 0. The molecule has 0 aliphatic heterocycles. The Bertz CT molecular complexity index is 1170. The van der Waals surface area contributed by atoms with Gasteiger partial charge < -0.3 is 14.9 Å². The monoisotopic (exact) mass is 430 g/mol. The normalized spacial score (nSPS) is 10.8. The van der Waals surface area contributed by atoms with Crippen molar-refractivity contribution in [3.8, 4) is 11.5 Å². The molecule has 2 N–H and O–H groups in total. The van der Waals surface area contributed by atoms with Crippen LogP contribution in [0.25, 0.3) is 0 Å². The Kier molecular flexibility index (Phi) is 7.13. The lowest BCUT2D eigenvalue weighted by atomic mass is 10.0. The van der Waals surface area contributed by atoms with Gasteiger partial charge in [-0.05, 0) is 30.7 Å². The van der Waals surface area contributed by atoms with E-state index in [-0.39, 0.29) is 29.4 Å². The molecule has 0 spiro atoms. The van der Waals surface area contributed by atoms with Gasteiger partial charge in [-0.25, -0.2) is 4.79 Å². The van der Waals surface area contributed by atoms with Gasteiger partial charge in [0.1, 0.15) is 17.2 Å². The van der Waals surface area contributed by atoms with Gasteiger partial charge in [0.15, 0.2) is 5.78 Å². The number of rotatable bonds is 8. The summed E-state index contributed by atoms with van der Waals surface area (Å²) in [5, 5.41) is 28.3. The maximum Gasteiger partial charge on any atom is 0.333 e. The fraction of sp³-hybridized carbons (Fsp3) is 0.120. The standard InChI is InChI=1S/C25H22N2O5/c1-16(2)25(31)32-13-12-17-8-10-19(11-9-17)26-27-21-14-20(22(28)15-23(21)29)24(30)18-6-4-3-5-7-18/h3-11,14-15,28-29H,1,12-13H2,2H3. The zero-order valence-electron chi connectivity index (χ0n) is 17.5. The van der Waals surface area contributed by atoms with Crippen molar-refractivity contribution in [1.29, 1.82) is 0 Å². The zero-order chi connectivity index (χ0) is 23.1. The van der Waals surface area contributed by atoms with Gasteiger partial charge in [0, 0.05) is 23.6 Å². The highest BCUT2D eigenvalue weighted by Crippen LogP contribution is 2.35. The SMILES string of the molecule is C=C(C)C(=O)OCCc1ccc(N=Nc2cc(C(=O)c3ccccc3)c(O)cc2O)cc1. The lowest BCUT2D eigenvalue weighted by molar-refractivity contribution is -0.138. The van der Waals surface area contributed by atoms with Crippen molar-refractivity contribution in [3.05, 3.63) is 95.6 Å². The number of hydrogen-bond donors (Lipinski definition) is 2. The summed E-state index contributed by atoms with van der Waals surface area (Å²) in [4.78, 5) is 24.1. The molecule has 162 valence electrons. The Morgan fingerprint density at radius 1 is 0.938 bits per heavy atom. The molecule has 0 radical (unpaired) electrons. The first-order chi connectivity index (χ1) is 15.3. The molecule has 0 fully saturated rings. The van der Waals surface area contributed by atoms with Crippen molar-refractivity contribution < 1.29 is 24.5 Å². The van der Waals surface area contributed by atoms with Crippen LogP contribution >= 0.6 is 0 Å². The third kappa shape index (κ3) is 5.66. The number of phenolic OH excluding ortho intramolecular Hbond substituents is 2. The molecule has 0 aliphatic carbocycles. The second-order valence-corrected chi connectivity index (χ2v) is 7.09. The third-order valence-corrected chi connectivity index (χ3v) is 4.56. The molecule has 0 heterocycles. The van der Waals surface area contributed by atoms with Gasteiger partial charge in [0.25, 0.3) is 0 Å². The summed E-state index contributed by atoms with van der Waals surface area (Å²) < 4.78 is 5.07. The summed E-state index contributed by atoms with van der Waals surface area (Å²) in [6.07, 6.45) is 0.542. The van der Waals surface area contributed by atoms with Gasteiger partial charge in [0.05, 0.1) is 17.9 Å². The highest BCUT2D eigenvalue weighted by Gasteiger charge is 2.17. The number of nitrogens with zero attached hydrogens (tertiary/aromatic N) is 2. The second kappa shape index (κ2) is 10.2. The maximum atomic E-state index is 12.7. The molecule has 3 aromatic carbocycles. The highest BCUT2D eigenvalue weighted by atomic mass is 16.5. The lowest BCUT2D eigenvalue weighted by Gasteiger charge is -2.07. The van der Waals surface area contributed by atoms with Crippen LogP contribution in [0, 0.1) is 0 Å². The minimum atomic E-state index is -0.422. The number of ether oxygens (including phenoxy) is 1. The van der Waals surface area contributed by atoms with Crippen LogP contribution in [0.5, 0.6) is 11.5 Å². The molecule has 3 rings (SSSR count). The molecular weight excluding hydrogens is 408 g/mol. The Balaban J connectivity index is 1.71. The van der Waals surface area contributed by atoms with E-state index in [1.165, 1.54) is 6.07 Å². The summed E-state index contributed by atoms with van der Waals surface area (Å²) in [6.45, 7) is 5.37. The fourth-order valence-electron chi connectivity index (χ4n) is 2.80. The number of aromatic hydroxyl groups is 2. The smallest absolute Gasteiger partial charge is 0.333 e. The van der Waals surface area contributed by atoms with Crippen LogP contribution in [0.2, 0.25) is 0 Å². The van der Waals surface area contributed by atoms with Gasteiger partial charge >= 0.3 is 5.97 Å². The van der Waals surface area contributed by atoms with Gasteiger partial charge in [-0.2, -0.15) is 5.11 Å². The van der Waals surface area contributed by atoms with Crippen molar-refractivity contribution in [2.45, 2.75) is 13.3 Å². The minimum Gasteiger partial charge on any atom is -0.507 e. The van der Waals surface area contributed by atoms with E-state index in [9.17, 15) is 19.8 Å². The molecule has 7 heteroatoms. The summed E-state index contributed by atoms with van der Waals surface area (Å²) in [5.41, 5.74) is 2.30. The van der Waals surface area contributed by atoms with Crippen LogP contribution < -0.4 is 0 Å². The van der Waals surface area contributed by atoms with E-state index < -0.39 is 11.8 Å². The van der Waals surface area contributed by atoms with E-state index in [0.29, 0.717) is 23.2 Å². The number of carbonyl (C=O) groups excluding carboxylic acids is 2. The zero-order valence-corrected chi connectivity index (χ0v) is 17.5. The van der Waals surface area contributed by atoms with Crippen LogP contribution in [0.3, 0.4) is 0 Å². The fourth-order valence-corrected chi connectivity index (χ4v) is 2.80. The minimum absolute atomic E-state index is 0.0163. The molecule has 3 aromatic rings. The van der Waals surface area contributed by atoms with E-state index in [2.05, 4.69) is 16.8 Å². The molecule has 0 aromatic heterocycles. The number of hydrogen-bond acceptors (Lipinski definition) is 7. The van der Waals surface area contributed by atoms with Crippen LogP contribution in [-0.2, 0) is 16.0 Å². The number of azo groups is 1. The van der Waals surface area contributed by atoms with Gasteiger partial charge in [-0.1, -0.05) is 49.0 Å². The summed E-state index contributed by atoms with van der Waals surface area (Å²) in [7, 11) is 0. The first-order valence-corrected chi connectivity index (χ1v) is 9.84. The lowest BCUT2D eigenvalue weighted by Crippen LogP contribution is -2.07. The largest absolute Gasteiger partial charge is 0.507 e. The van der Waals surface area contributed by atoms with Gasteiger partial charge in [0.2, 0.25) is 0 Å². The summed E-state index contributed by atoms with van der Waals surface area (Å²) in [6, 6.07) is 18.0. The van der Waals surface area contributed by atoms with Crippen molar-refractivity contribution in [3.63, 3.8) is 0 Å². The molecular formula is C25H22N2O5. The Morgan fingerprint density at radius 3 is 2.28 bits per heavy atom. The van der Waals surface area contributed by atoms with E-state index >= 15 is 0 Å². The van der Waals surface area contributed by atoms with Crippen molar-refractivity contribution >= 4 is 23.1 Å². The average molecular weight is 430 g/mol. The van der Waals surface area contributed by atoms with Gasteiger partial charge in [-0.3, -0.25) is 4.79 Å². The molecule has 0 unspecified atom stereocenters. The van der Waals surface area contributed by atoms with E-state index in [0.717, 1.165) is 11.6 Å². The number of benzene rings is 3. The quantitative estimate of drug-likeness (QED) is 0.215. The number of carbonyl (C=O) groups is 2. The van der Waals surface area contributed by atoms with Crippen LogP contribution in [0.4, 0.5) is 11.4 Å². The molecule has 32 heavy (non-hydrogen) atoms. The molecule has 0 amide bonds. The Labute approximate surface area is 185 Å². The number of ketones is 1. The second-order valence-electron chi connectivity index (χ2n) is 7.09. The third-order valence-electron chi connectivity index (χ3n) is 4.56. The maximum absolute atomic E-state index is 12.7. The number of esters is 1. The van der Waals surface area contributed by atoms with Crippen LogP contribution in [-0.4, -0.2) is 28.6 Å². The van der Waals surface area contributed by atoms with Crippen LogP contribution in [0.15, 0.2) is 89.1 Å². The first kappa shape index (κ1) is 22.4. The predicted molar refractivity (Wildman–Crippen MR) is 120 cm³/mol. The van der Waals surface area contributed by atoms with E-state index in [1.807, 2.05) is 12.1 Å². The molecule has 0 aliphatic rings. The van der Waals surface area contributed by atoms with Crippen molar-refractivity contribution in [1.82, 2.24) is 0 Å².